The zero-order chi connectivity index (χ0) is 19.3. The maximum atomic E-state index is 12.2. The average Bonchev–Trinajstić information content (AvgIpc) is 2.57. The van der Waals surface area contributed by atoms with E-state index in [0.29, 0.717) is 6.54 Å². The zero-order valence-electron chi connectivity index (χ0n) is 16.7. The van der Waals surface area contributed by atoms with E-state index in [-0.39, 0.29) is 23.7 Å². The third-order valence-corrected chi connectivity index (χ3v) is 5.10. The van der Waals surface area contributed by atoms with Crippen LogP contribution in [-0.4, -0.2) is 48.4 Å². The van der Waals surface area contributed by atoms with E-state index in [1.54, 1.807) is 0 Å². The molecule has 0 aromatic heterocycles. The zero-order valence-corrected chi connectivity index (χ0v) is 16.7. The van der Waals surface area contributed by atoms with E-state index >= 15 is 0 Å². The molecular formula is C21H32N2O3. The van der Waals surface area contributed by atoms with Gasteiger partial charge in [-0.25, -0.2) is 0 Å². The summed E-state index contributed by atoms with van der Waals surface area (Å²) in [6.45, 7) is 11.6. The van der Waals surface area contributed by atoms with Gasteiger partial charge in [-0.1, -0.05) is 19.9 Å². The largest absolute Gasteiger partial charge is 0.490 e. The molecule has 1 N–H and O–H groups in total. The Hall–Kier alpha value is -1.88. The Morgan fingerprint density at radius 2 is 1.85 bits per heavy atom. The van der Waals surface area contributed by atoms with Crippen molar-refractivity contribution in [2.24, 2.45) is 5.92 Å². The molecule has 1 amide bonds. The van der Waals surface area contributed by atoms with Crippen LogP contribution in [0.5, 0.6) is 5.75 Å². The van der Waals surface area contributed by atoms with E-state index in [9.17, 15) is 9.59 Å². The van der Waals surface area contributed by atoms with Crippen molar-refractivity contribution in [1.29, 1.82) is 0 Å². The number of likely N-dealkylation sites (tertiary alicyclic amines) is 1. The van der Waals surface area contributed by atoms with Crippen LogP contribution in [0.3, 0.4) is 0 Å². The molecule has 1 aromatic carbocycles. The van der Waals surface area contributed by atoms with Crippen molar-refractivity contribution >= 4 is 11.7 Å². The number of hydrogen-bond donors (Lipinski definition) is 1. The lowest BCUT2D eigenvalue weighted by atomic mass is 10.0. The molecule has 26 heavy (non-hydrogen) atoms. The van der Waals surface area contributed by atoms with Gasteiger partial charge >= 0.3 is 0 Å². The fourth-order valence-corrected chi connectivity index (χ4v) is 3.32. The van der Waals surface area contributed by atoms with Gasteiger partial charge in [-0.2, -0.15) is 0 Å². The number of amides is 1. The molecule has 1 fully saturated rings. The van der Waals surface area contributed by atoms with Gasteiger partial charge in [0.25, 0.3) is 0 Å². The summed E-state index contributed by atoms with van der Waals surface area (Å²) in [6, 6.07) is 5.80. The Bertz CT molecular complexity index is 634. The second-order valence-corrected chi connectivity index (χ2v) is 7.74. The van der Waals surface area contributed by atoms with Crippen LogP contribution in [0.2, 0.25) is 0 Å². The summed E-state index contributed by atoms with van der Waals surface area (Å²) < 4.78 is 6.10. The Balaban J connectivity index is 1.78. The molecule has 0 spiro atoms. The quantitative estimate of drug-likeness (QED) is 0.812. The molecule has 1 aromatic rings. The SMILES string of the molecule is CC(=O)C(NC(=O)CN1CCC(Oc2ccc(C)c(C)c2)CC1)C(C)C. The van der Waals surface area contributed by atoms with Crippen LogP contribution in [0, 0.1) is 19.8 Å². The molecule has 5 nitrogen and oxygen atoms in total. The van der Waals surface area contributed by atoms with Gasteiger partial charge in [0.1, 0.15) is 11.9 Å². The van der Waals surface area contributed by atoms with Crippen LogP contribution in [0.25, 0.3) is 0 Å². The molecular weight excluding hydrogens is 328 g/mol. The van der Waals surface area contributed by atoms with Gasteiger partial charge in [-0.05, 0) is 62.8 Å². The van der Waals surface area contributed by atoms with Gasteiger partial charge in [0.05, 0.1) is 12.6 Å². The molecule has 0 aliphatic carbocycles. The molecule has 0 radical (unpaired) electrons. The molecule has 1 atom stereocenters. The van der Waals surface area contributed by atoms with Crippen molar-refractivity contribution in [2.75, 3.05) is 19.6 Å². The van der Waals surface area contributed by atoms with Crippen molar-refractivity contribution in [1.82, 2.24) is 10.2 Å². The molecule has 1 heterocycles. The Kier molecular flexibility index (Phi) is 7.21. The lowest BCUT2D eigenvalue weighted by Crippen LogP contribution is -2.49. The Morgan fingerprint density at radius 1 is 1.19 bits per heavy atom. The lowest BCUT2D eigenvalue weighted by molar-refractivity contribution is -0.128. The predicted octanol–water partition coefficient (Wildman–Crippen LogP) is 2.88. The minimum absolute atomic E-state index is 0.00819. The first-order chi connectivity index (χ1) is 12.3. The Morgan fingerprint density at radius 3 is 2.38 bits per heavy atom. The van der Waals surface area contributed by atoms with E-state index in [2.05, 4.69) is 36.2 Å². The summed E-state index contributed by atoms with van der Waals surface area (Å²) in [6.07, 6.45) is 2.00. The van der Waals surface area contributed by atoms with Crippen LogP contribution in [-0.2, 0) is 9.59 Å². The minimum Gasteiger partial charge on any atom is -0.490 e. The first kappa shape index (κ1) is 20.4. The fourth-order valence-electron chi connectivity index (χ4n) is 3.32. The number of nitrogens with one attached hydrogen (secondary N) is 1. The van der Waals surface area contributed by atoms with Crippen LogP contribution >= 0.6 is 0 Å². The van der Waals surface area contributed by atoms with Gasteiger partial charge in [-0.15, -0.1) is 0 Å². The monoisotopic (exact) mass is 360 g/mol. The molecule has 1 unspecified atom stereocenters. The maximum Gasteiger partial charge on any atom is 0.234 e. The van der Waals surface area contributed by atoms with Crippen molar-refractivity contribution in [3.8, 4) is 5.75 Å². The van der Waals surface area contributed by atoms with E-state index < -0.39 is 6.04 Å². The number of aryl methyl sites for hydroxylation is 2. The van der Waals surface area contributed by atoms with Gasteiger partial charge < -0.3 is 10.1 Å². The van der Waals surface area contributed by atoms with Crippen LogP contribution in [0.4, 0.5) is 0 Å². The summed E-state index contributed by atoms with van der Waals surface area (Å²) in [7, 11) is 0. The molecule has 0 bridgehead atoms. The van der Waals surface area contributed by atoms with E-state index in [0.717, 1.165) is 31.7 Å². The molecule has 1 aliphatic heterocycles. The molecule has 144 valence electrons. The van der Waals surface area contributed by atoms with Crippen molar-refractivity contribution in [3.05, 3.63) is 29.3 Å². The average molecular weight is 360 g/mol. The fraction of sp³-hybridized carbons (Fsp3) is 0.619. The minimum atomic E-state index is -0.395. The Labute approximate surface area is 157 Å². The number of ether oxygens (including phenoxy) is 1. The third-order valence-electron chi connectivity index (χ3n) is 5.10. The third kappa shape index (κ3) is 5.84. The molecule has 2 rings (SSSR count). The van der Waals surface area contributed by atoms with Gasteiger partial charge in [0.15, 0.2) is 5.78 Å². The van der Waals surface area contributed by atoms with Gasteiger partial charge in [-0.3, -0.25) is 14.5 Å². The first-order valence-electron chi connectivity index (χ1n) is 9.52. The smallest absolute Gasteiger partial charge is 0.234 e. The predicted molar refractivity (Wildman–Crippen MR) is 103 cm³/mol. The highest BCUT2D eigenvalue weighted by molar-refractivity contribution is 5.88. The number of carbonyl (C=O) groups is 2. The highest BCUT2D eigenvalue weighted by Gasteiger charge is 2.25. The number of rotatable bonds is 7. The normalized spacial score (nSPS) is 17.2. The second kappa shape index (κ2) is 9.17. The maximum absolute atomic E-state index is 12.2. The highest BCUT2D eigenvalue weighted by Crippen LogP contribution is 2.21. The van der Waals surface area contributed by atoms with E-state index in [1.165, 1.54) is 18.1 Å². The van der Waals surface area contributed by atoms with Crippen molar-refractivity contribution < 1.29 is 14.3 Å². The van der Waals surface area contributed by atoms with Crippen LogP contribution in [0.15, 0.2) is 18.2 Å². The number of benzene rings is 1. The number of piperidine rings is 1. The van der Waals surface area contributed by atoms with Gasteiger partial charge in [0.2, 0.25) is 5.91 Å². The van der Waals surface area contributed by atoms with E-state index in [4.69, 9.17) is 4.74 Å². The molecule has 5 heteroatoms. The highest BCUT2D eigenvalue weighted by atomic mass is 16.5. The number of nitrogens with zero attached hydrogens (tertiary/aromatic N) is 1. The summed E-state index contributed by atoms with van der Waals surface area (Å²) in [4.78, 5) is 26.0. The number of hydrogen-bond acceptors (Lipinski definition) is 4. The number of carbonyl (C=O) groups excluding carboxylic acids is 2. The second-order valence-electron chi connectivity index (χ2n) is 7.74. The molecule has 0 saturated carbocycles. The number of Topliss-reactive ketones (excluding diaryl/α,β-unsaturated/α-hetero) is 1. The van der Waals surface area contributed by atoms with Crippen molar-refractivity contribution in [3.63, 3.8) is 0 Å². The van der Waals surface area contributed by atoms with Crippen LogP contribution < -0.4 is 10.1 Å². The lowest BCUT2D eigenvalue weighted by Gasteiger charge is -2.32. The first-order valence-corrected chi connectivity index (χ1v) is 9.52. The van der Waals surface area contributed by atoms with Gasteiger partial charge in [0, 0.05) is 13.1 Å². The molecule has 1 saturated heterocycles. The topological polar surface area (TPSA) is 58.6 Å². The molecule has 1 aliphatic rings. The summed E-state index contributed by atoms with van der Waals surface area (Å²) in [5.41, 5.74) is 2.50. The van der Waals surface area contributed by atoms with Crippen LogP contribution in [0.1, 0.15) is 44.7 Å². The van der Waals surface area contributed by atoms with E-state index in [1.807, 2.05) is 19.9 Å². The van der Waals surface area contributed by atoms with Crippen molar-refractivity contribution in [2.45, 2.75) is 59.6 Å². The summed E-state index contributed by atoms with van der Waals surface area (Å²) in [5.74, 6) is 0.959. The summed E-state index contributed by atoms with van der Waals surface area (Å²) >= 11 is 0. The summed E-state index contributed by atoms with van der Waals surface area (Å²) in [5, 5.41) is 2.86. The number of ketones is 1. The standard InChI is InChI=1S/C21H32N2O3/c1-14(2)21(17(5)24)22-20(25)13-23-10-8-18(9-11-23)26-19-7-6-15(3)16(4)12-19/h6-7,12,14,18,21H,8-11,13H2,1-5H3,(H,22,25).